The maximum absolute atomic E-state index is 12.8. The fraction of sp³-hybridized carbons (Fsp3) is 0.100. The zero-order valence-electron chi connectivity index (χ0n) is 14.8. The molecule has 0 bridgehead atoms. The Hall–Kier alpha value is -3.19. The van der Waals surface area contributed by atoms with E-state index in [0.29, 0.717) is 22.7 Å². The van der Waals surface area contributed by atoms with Gasteiger partial charge in [-0.2, -0.15) is 17.6 Å². The number of benzene rings is 2. The van der Waals surface area contributed by atoms with Gasteiger partial charge in [0.1, 0.15) is 11.5 Å². The van der Waals surface area contributed by atoms with Gasteiger partial charge in [-0.15, -0.1) is 0 Å². The van der Waals surface area contributed by atoms with Crippen molar-refractivity contribution in [1.29, 1.82) is 0 Å². The molecule has 2 aromatic heterocycles. The van der Waals surface area contributed by atoms with Gasteiger partial charge in [-0.25, -0.2) is 0 Å². The molecule has 0 amide bonds. The van der Waals surface area contributed by atoms with E-state index in [0.717, 1.165) is 15.2 Å². The Kier molecular flexibility index (Phi) is 4.16. The van der Waals surface area contributed by atoms with Gasteiger partial charge in [0.15, 0.2) is 0 Å². The zero-order valence-corrected chi connectivity index (χ0v) is 15.6. The molecule has 0 spiro atoms. The first-order valence-corrected chi connectivity index (χ1v) is 9.81. The Labute approximate surface area is 157 Å². The zero-order chi connectivity index (χ0) is 19.0. The van der Waals surface area contributed by atoms with Gasteiger partial charge < -0.3 is 4.52 Å². The van der Waals surface area contributed by atoms with Crippen molar-refractivity contribution in [2.24, 2.45) is 0 Å². The minimum atomic E-state index is -3.76. The molecule has 136 valence electrons. The van der Waals surface area contributed by atoms with Gasteiger partial charge in [0.05, 0.1) is 16.2 Å². The summed E-state index contributed by atoms with van der Waals surface area (Å²) in [5, 5.41) is 8.43. The van der Waals surface area contributed by atoms with Gasteiger partial charge in [0.25, 0.3) is 10.0 Å². The summed E-state index contributed by atoms with van der Waals surface area (Å²) in [5.74, 6) is 0.576. The maximum Gasteiger partial charge on any atom is 0.282 e. The molecule has 2 aromatic carbocycles. The van der Waals surface area contributed by atoms with Crippen molar-refractivity contribution in [3.8, 4) is 22.5 Å². The van der Waals surface area contributed by atoms with Crippen LogP contribution in [0, 0.1) is 13.8 Å². The van der Waals surface area contributed by atoms with E-state index in [-0.39, 0.29) is 4.90 Å². The summed E-state index contributed by atoms with van der Waals surface area (Å²) in [5.41, 5.74) is 3.66. The van der Waals surface area contributed by atoms with Crippen LogP contribution in [0.1, 0.15) is 11.3 Å². The summed E-state index contributed by atoms with van der Waals surface area (Å²) >= 11 is 0. The average Bonchev–Trinajstić information content (AvgIpc) is 3.30. The predicted molar refractivity (Wildman–Crippen MR) is 102 cm³/mol. The van der Waals surface area contributed by atoms with E-state index >= 15 is 0 Å². The topological polar surface area (TPSA) is 78.0 Å². The number of hydrogen-bond donors (Lipinski definition) is 0. The van der Waals surface area contributed by atoms with Crippen LogP contribution >= 0.6 is 0 Å². The lowest BCUT2D eigenvalue weighted by Gasteiger charge is -2.05. The van der Waals surface area contributed by atoms with Gasteiger partial charge in [-0.3, -0.25) is 0 Å². The van der Waals surface area contributed by atoms with Crippen LogP contribution < -0.4 is 0 Å². The Morgan fingerprint density at radius 2 is 1.63 bits per heavy atom. The third kappa shape index (κ3) is 3.06. The minimum Gasteiger partial charge on any atom is -0.360 e. The smallest absolute Gasteiger partial charge is 0.282 e. The van der Waals surface area contributed by atoms with Gasteiger partial charge in [-0.05, 0) is 32.0 Å². The van der Waals surface area contributed by atoms with Crippen LogP contribution in [-0.2, 0) is 10.0 Å². The van der Waals surface area contributed by atoms with Crippen LogP contribution in [-0.4, -0.2) is 22.8 Å². The molecule has 4 rings (SSSR count). The van der Waals surface area contributed by atoms with E-state index in [9.17, 15) is 8.42 Å². The highest BCUT2D eigenvalue weighted by Crippen LogP contribution is 2.33. The molecular weight excluding hydrogens is 362 g/mol. The second-order valence-electron chi connectivity index (χ2n) is 6.22. The van der Waals surface area contributed by atoms with Gasteiger partial charge in [0, 0.05) is 11.8 Å². The fourth-order valence-corrected chi connectivity index (χ4v) is 3.97. The third-order valence-electron chi connectivity index (χ3n) is 4.30. The van der Waals surface area contributed by atoms with Crippen LogP contribution in [0.3, 0.4) is 0 Å². The van der Waals surface area contributed by atoms with Gasteiger partial charge >= 0.3 is 0 Å². The third-order valence-corrected chi connectivity index (χ3v) is 5.86. The van der Waals surface area contributed by atoms with Crippen LogP contribution in [0.2, 0.25) is 0 Å². The molecule has 0 saturated carbocycles. The molecule has 0 fully saturated rings. The summed E-state index contributed by atoms with van der Waals surface area (Å²) < 4.78 is 32.0. The molecule has 0 aliphatic heterocycles. The Balaban J connectivity index is 1.78. The summed E-state index contributed by atoms with van der Waals surface area (Å²) in [7, 11) is -3.76. The Bertz CT molecular complexity index is 1190. The van der Waals surface area contributed by atoms with E-state index in [4.69, 9.17) is 4.52 Å². The fourth-order valence-electron chi connectivity index (χ4n) is 2.86. The summed E-state index contributed by atoms with van der Waals surface area (Å²) in [4.78, 5) is 0.188. The lowest BCUT2D eigenvalue weighted by molar-refractivity contribution is 0.400. The Morgan fingerprint density at radius 1 is 0.926 bits per heavy atom. The molecule has 0 saturated heterocycles. The highest BCUT2D eigenvalue weighted by Gasteiger charge is 2.22. The number of aryl methyl sites for hydroxylation is 2. The van der Waals surface area contributed by atoms with Crippen molar-refractivity contribution in [2.75, 3.05) is 0 Å². The first-order chi connectivity index (χ1) is 13.0. The highest BCUT2D eigenvalue weighted by molar-refractivity contribution is 7.89. The van der Waals surface area contributed by atoms with Gasteiger partial charge in [-0.1, -0.05) is 53.2 Å². The lowest BCUT2D eigenvalue weighted by Crippen LogP contribution is -2.13. The van der Waals surface area contributed by atoms with E-state index in [1.54, 1.807) is 37.3 Å². The molecule has 6 nitrogen and oxygen atoms in total. The van der Waals surface area contributed by atoms with Gasteiger partial charge in [0.2, 0.25) is 0 Å². The first kappa shape index (κ1) is 17.2. The van der Waals surface area contributed by atoms with Crippen molar-refractivity contribution in [2.45, 2.75) is 18.7 Å². The molecule has 0 radical (unpaired) electrons. The summed E-state index contributed by atoms with van der Waals surface area (Å²) in [6.07, 6.45) is 1.44. The van der Waals surface area contributed by atoms with Crippen molar-refractivity contribution in [1.82, 2.24) is 14.3 Å². The largest absolute Gasteiger partial charge is 0.360 e. The maximum atomic E-state index is 12.8. The quantitative estimate of drug-likeness (QED) is 0.534. The highest BCUT2D eigenvalue weighted by atomic mass is 32.2. The number of aromatic nitrogens is 3. The van der Waals surface area contributed by atoms with Crippen molar-refractivity contribution >= 4 is 10.0 Å². The molecule has 0 aliphatic rings. The van der Waals surface area contributed by atoms with Crippen LogP contribution in [0.4, 0.5) is 0 Å². The number of nitrogens with zero attached hydrogens (tertiary/aromatic N) is 3. The molecule has 0 N–H and O–H groups in total. The van der Waals surface area contributed by atoms with Crippen LogP contribution in [0.15, 0.2) is 76.3 Å². The summed E-state index contributed by atoms with van der Waals surface area (Å²) in [6.45, 7) is 3.68. The van der Waals surface area contributed by atoms with Crippen molar-refractivity contribution < 1.29 is 12.9 Å². The van der Waals surface area contributed by atoms with Crippen molar-refractivity contribution in [3.05, 3.63) is 78.2 Å². The monoisotopic (exact) mass is 379 g/mol. The van der Waals surface area contributed by atoms with E-state index in [1.165, 1.54) is 6.20 Å². The standard InChI is InChI=1S/C20H17N3O3S/c1-14-8-10-17(11-9-14)27(24,25)23-13-12-18(21-23)19-15(2)26-22-20(19)16-6-4-3-5-7-16/h3-13H,1-2H3. The molecule has 0 atom stereocenters. The molecule has 7 heteroatoms. The first-order valence-electron chi connectivity index (χ1n) is 8.37. The molecule has 4 aromatic rings. The minimum absolute atomic E-state index is 0.188. The number of rotatable bonds is 4. The lowest BCUT2D eigenvalue weighted by atomic mass is 10.0. The second-order valence-corrected chi connectivity index (χ2v) is 8.02. The van der Waals surface area contributed by atoms with Crippen LogP contribution in [0.25, 0.3) is 22.5 Å². The van der Waals surface area contributed by atoms with E-state index in [1.807, 2.05) is 37.3 Å². The van der Waals surface area contributed by atoms with Crippen LogP contribution in [0.5, 0.6) is 0 Å². The second kappa shape index (κ2) is 6.51. The van der Waals surface area contributed by atoms with Crippen molar-refractivity contribution in [3.63, 3.8) is 0 Å². The summed E-state index contributed by atoms with van der Waals surface area (Å²) in [6, 6.07) is 17.9. The SMILES string of the molecule is Cc1ccc(S(=O)(=O)n2ccc(-c3c(-c4ccccc4)noc3C)n2)cc1. The predicted octanol–water partition coefficient (Wildman–Crippen LogP) is 4.06. The molecule has 0 unspecified atom stereocenters. The Morgan fingerprint density at radius 3 is 2.33 bits per heavy atom. The van der Waals surface area contributed by atoms with E-state index in [2.05, 4.69) is 10.3 Å². The molecule has 27 heavy (non-hydrogen) atoms. The average molecular weight is 379 g/mol. The molecule has 2 heterocycles. The van der Waals surface area contributed by atoms with E-state index < -0.39 is 10.0 Å². The normalized spacial score (nSPS) is 11.6. The molecular formula is C20H17N3O3S. The molecule has 0 aliphatic carbocycles. The number of hydrogen-bond acceptors (Lipinski definition) is 5.